The van der Waals surface area contributed by atoms with Gasteiger partial charge in [-0.15, -0.1) is 0 Å². The molecule has 0 fully saturated rings. The molecule has 3 heterocycles. The maximum absolute atomic E-state index is 13.2. The molecule has 8 nitrogen and oxygen atoms in total. The highest BCUT2D eigenvalue weighted by atomic mass is 19.4. The predicted molar refractivity (Wildman–Crippen MR) is 142 cm³/mol. The van der Waals surface area contributed by atoms with Gasteiger partial charge >= 0.3 is 12.2 Å². The molecular formula is C28H23F3N6O2. The Balaban J connectivity index is 1.38. The number of alkyl halides is 3. The van der Waals surface area contributed by atoms with Crippen LogP contribution in [-0.2, 0) is 12.7 Å². The average molecular weight is 533 g/mol. The lowest BCUT2D eigenvalue weighted by Crippen LogP contribution is -2.39. The van der Waals surface area contributed by atoms with E-state index in [0.717, 1.165) is 34.5 Å². The van der Waals surface area contributed by atoms with Crippen LogP contribution in [0.1, 0.15) is 32.6 Å². The first-order chi connectivity index (χ1) is 18.6. The Morgan fingerprint density at radius 1 is 1.03 bits per heavy atom. The summed E-state index contributed by atoms with van der Waals surface area (Å²) in [6.07, 6.45) is 0.458. The summed E-state index contributed by atoms with van der Waals surface area (Å²) in [6.45, 7) is 3.91. The maximum Gasteiger partial charge on any atom is 0.416 e. The number of fused-ring (bicyclic) bond motifs is 1. The summed E-state index contributed by atoms with van der Waals surface area (Å²) >= 11 is 0. The van der Waals surface area contributed by atoms with Crippen molar-refractivity contribution in [3.8, 4) is 0 Å². The summed E-state index contributed by atoms with van der Waals surface area (Å²) in [5, 5.41) is 8.76. The Bertz CT molecular complexity index is 1570. The molecule has 0 saturated heterocycles. The van der Waals surface area contributed by atoms with Gasteiger partial charge in [0.15, 0.2) is 0 Å². The molecule has 0 spiro atoms. The fourth-order valence-electron chi connectivity index (χ4n) is 4.29. The van der Waals surface area contributed by atoms with E-state index in [-0.39, 0.29) is 18.1 Å². The molecule has 4 aromatic rings. The van der Waals surface area contributed by atoms with Gasteiger partial charge in [-0.2, -0.15) is 13.2 Å². The third-order valence-electron chi connectivity index (χ3n) is 6.34. The normalized spacial score (nSPS) is 12.9. The molecule has 0 unspecified atom stereocenters. The van der Waals surface area contributed by atoms with E-state index in [0.29, 0.717) is 22.9 Å². The first-order valence-corrected chi connectivity index (χ1v) is 11.9. The molecule has 2 aromatic carbocycles. The van der Waals surface area contributed by atoms with Crippen LogP contribution in [-0.4, -0.2) is 21.9 Å². The first-order valence-electron chi connectivity index (χ1n) is 11.9. The van der Waals surface area contributed by atoms with Gasteiger partial charge in [-0.3, -0.25) is 14.7 Å². The number of nitrogens with zero attached hydrogens (tertiary/aromatic N) is 3. The number of urea groups is 1. The minimum atomic E-state index is -4.56. The summed E-state index contributed by atoms with van der Waals surface area (Å²) < 4.78 is 39.2. The SMILES string of the molecule is Cc1ccc(NC(=O)c2cccc(C(F)(F)F)c2)cc1N1Cc2cnc(Nc3cccnc3)c(C)c2NC1=O. The Morgan fingerprint density at radius 3 is 2.59 bits per heavy atom. The lowest BCUT2D eigenvalue weighted by Gasteiger charge is -2.32. The Hall–Kier alpha value is -4.93. The van der Waals surface area contributed by atoms with E-state index in [4.69, 9.17) is 0 Å². The minimum absolute atomic E-state index is 0.131. The highest BCUT2D eigenvalue weighted by Crippen LogP contribution is 2.35. The number of rotatable bonds is 5. The van der Waals surface area contributed by atoms with Crippen LogP contribution in [0.5, 0.6) is 0 Å². The van der Waals surface area contributed by atoms with E-state index in [1.165, 1.54) is 17.0 Å². The van der Waals surface area contributed by atoms with Crippen molar-refractivity contribution < 1.29 is 22.8 Å². The number of carbonyl (C=O) groups is 2. The van der Waals surface area contributed by atoms with Gasteiger partial charge in [0.1, 0.15) is 5.82 Å². The van der Waals surface area contributed by atoms with E-state index in [1.54, 1.807) is 42.9 Å². The molecule has 39 heavy (non-hydrogen) atoms. The van der Waals surface area contributed by atoms with Crippen LogP contribution in [0.3, 0.4) is 0 Å². The van der Waals surface area contributed by atoms with E-state index < -0.39 is 17.6 Å². The number of halogens is 3. The molecule has 0 bridgehead atoms. The van der Waals surface area contributed by atoms with Crippen molar-refractivity contribution >= 4 is 40.5 Å². The number of amides is 3. The quantitative estimate of drug-likeness (QED) is 0.267. The summed E-state index contributed by atoms with van der Waals surface area (Å²) in [5.74, 6) is -0.108. The second-order valence-corrected chi connectivity index (χ2v) is 9.05. The number of hydrogen-bond donors (Lipinski definition) is 3. The van der Waals surface area contributed by atoms with Gasteiger partial charge < -0.3 is 16.0 Å². The summed E-state index contributed by atoms with van der Waals surface area (Å²) in [4.78, 5) is 36.0. The van der Waals surface area contributed by atoms with Crippen molar-refractivity contribution in [2.24, 2.45) is 0 Å². The Kier molecular flexibility index (Phi) is 6.65. The maximum atomic E-state index is 13.2. The zero-order valence-corrected chi connectivity index (χ0v) is 20.9. The molecule has 0 atom stereocenters. The second-order valence-electron chi connectivity index (χ2n) is 9.05. The zero-order chi connectivity index (χ0) is 27.7. The van der Waals surface area contributed by atoms with Crippen molar-refractivity contribution in [2.75, 3.05) is 20.9 Å². The molecule has 1 aliphatic heterocycles. The molecule has 3 N–H and O–H groups in total. The van der Waals surface area contributed by atoms with Crippen LogP contribution in [0, 0.1) is 13.8 Å². The largest absolute Gasteiger partial charge is 0.416 e. The highest BCUT2D eigenvalue weighted by Gasteiger charge is 2.31. The fraction of sp³-hybridized carbons (Fsp3) is 0.143. The average Bonchev–Trinajstić information content (AvgIpc) is 2.92. The number of hydrogen-bond acceptors (Lipinski definition) is 5. The van der Waals surface area contributed by atoms with Crippen LogP contribution < -0.4 is 20.9 Å². The van der Waals surface area contributed by atoms with Crippen LogP contribution in [0.4, 0.5) is 46.5 Å². The van der Waals surface area contributed by atoms with Gasteiger partial charge in [-0.05, 0) is 61.9 Å². The number of pyridine rings is 2. The van der Waals surface area contributed by atoms with Gasteiger partial charge in [0.25, 0.3) is 5.91 Å². The van der Waals surface area contributed by atoms with Gasteiger partial charge in [-0.1, -0.05) is 12.1 Å². The van der Waals surface area contributed by atoms with Crippen LogP contribution >= 0.6 is 0 Å². The third-order valence-corrected chi connectivity index (χ3v) is 6.34. The molecule has 0 radical (unpaired) electrons. The summed E-state index contributed by atoms with van der Waals surface area (Å²) in [6, 6.07) is 12.4. The Labute approximate surface area is 221 Å². The monoisotopic (exact) mass is 532 g/mol. The number of aromatic nitrogens is 2. The topological polar surface area (TPSA) is 99.2 Å². The molecule has 0 saturated carbocycles. The fourth-order valence-corrected chi connectivity index (χ4v) is 4.29. The second kappa shape index (κ2) is 10.1. The van der Waals surface area contributed by atoms with Gasteiger partial charge in [0, 0.05) is 34.8 Å². The molecule has 1 aliphatic rings. The van der Waals surface area contributed by atoms with E-state index in [2.05, 4.69) is 25.9 Å². The number of carbonyl (C=O) groups excluding carboxylic acids is 2. The third kappa shape index (κ3) is 5.37. The number of benzene rings is 2. The van der Waals surface area contributed by atoms with Crippen LogP contribution in [0.25, 0.3) is 0 Å². The summed E-state index contributed by atoms with van der Waals surface area (Å²) in [5.41, 5.74) is 3.58. The van der Waals surface area contributed by atoms with Gasteiger partial charge in [0.05, 0.1) is 35.4 Å². The van der Waals surface area contributed by atoms with E-state index in [9.17, 15) is 22.8 Å². The molecule has 2 aromatic heterocycles. The Morgan fingerprint density at radius 2 is 1.85 bits per heavy atom. The zero-order valence-electron chi connectivity index (χ0n) is 20.9. The van der Waals surface area contributed by atoms with Crippen molar-refractivity contribution in [1.29, 1.82) is 0 Å². The molecule has 5 rings (SSSR count). The van der Waals surface area contributed by atoms with E-state index >= 15 is 0 Å². The van der Waals surface area contributed by atoms with Crippen LogP contribution in [0.2, 0.25) is 0 Å². The lowest BCUT2D eigenvalue weighted by molar-refractivity contribution is -0.137. The first kappa shape index (κ1) is 25.7. The summed E-state index contributed by atoms with van der Waals surface area (Å²) in [7, 11) is 0. The lowest BCUT2D eigenvalue weighted by atomic mass is 10.1. The standard InChI is InChI=1S/C28H23F3N6O2/c1-16-8-9-21(35-26(38)18-5-3-6-20(11-18)28(29,30)31)12-23(16)37-15-19-13-33-25(17(2)24(19)36-27(37)39)34-22-7-4-10-32-14-22/h3-14H,15H2,1-2H3,(H,33,34)(H,35,38)(H,36,39). The molecule has 11 heteroatoms. The predicted octanol–water partition coefficient (Wildman–Crippen LogP) is 6.66. The minimum Gasteiger partial charge on any atom is -0.339 e. The van der Waals surface area contributed by atoms with Gasteiger partial charge in [-0.25, -0.2) is 9.78 Å². The van der Waals surface area contributed by atoms with Crippen molar-refractivity contribution in [2.45, 2.75) is 26.6 Å². The van der Waals surface area contributed by atoms with Crippen LogP contribution in [0.15, 0.2) is 73.2 Å². The van der Waals surface area contributed by atoms with Crippen molar-refractivity contribution in [1.82, 2.24) is 9.97 Å². The molecular weight excluding hydrogens is 509 g/mol. The number of anilines is 5. The highest BCUT2D eigenvalue weighted by molar-refractivity contribution is 6.07. The molecule has 0 aliphatic carbocycles. The number of nitrogens with one attached hydrogen (secondary N) is 3. The molecule has 198 valence electrons. The van der Waals surface area contributed by atoms with E-state index in [1.807, 2.05) is 19.9 Å². The van der Waals surface area contributed by atoms with Gasteiger partial charge in [0.2, 0.25) is 0 Å². The molecule has 3 amide bonds. The van der Waals surface area contributed by atoms with Crippen molar-refractivity contribution in [3.05, 3.63) is 101 Å². The number of aryl methyl sites for hydroxylation is 1. The van der Waals surface area contributed by atoms with Crippen molar-refractivity contribution in [3.63, 3.8) is 0 Å². The smallest absolute Gasteiger partial charge is 0.339 e.